The minimum Gasteiger partial charge on any atom is -0.455 e. The molecule has 0 spiro atoms. The predicted molar refractivity (Wildman–Crippen MR) is 103 cm³/mol. The normalized spacial score (nSPS) is 21.0. The van der Waals surface area contributed by atoms with Crippen LogP contribution >= 0.6 is 23.2 Å². The Kier molecular flexibility index (Phi) is 6.46. The lowest BCUT2D eigenvalue weighted by atomic mass is 10.1. The summed E-state index contributed by atoms with van der Waals surface area (Å²) >= 11 is 11.8. The van der Waals surface area contributed by atoms with Crippen LogP contribution in [-0.2, 0) is 24.3 Å². The number of hydrogen-bond donors (Lipinski definition) is 1. The molecule has 27 heavy (non-hydrogen) atoms. The third kappa shape index (κ3) is 4.56. The fourth-order valence-corrected chi connectivity index (χ4v) is 4.68. The molecule has 0 radical (unpaired) electrons. The first-order chi connectivity index (χ1) is 12.5. The molecule has 0 heterocycles. The maximum Gasteiger partial charge on any atom is 0.315 e. The van der Waals surface area contributed by atoms with Crippen LogP contribution in [0.15, 0.2) is 29.2 Å². The van der Waals surface area contributed by atoms with Gasteiger partial charge in [0.2, 0.25) is 10.0 Å². The number of benzene rings is 1. The monoisotopic (exact) mass is 436 g/mol. The molecule has 1 N–H and O–H groups in total. The van der Waals surface area contributed by atoms with Crippen LogP contribution in [0.3, 0.4) is 0 Å². The van der Waals surface area contributed by atoms with Crippen LogP contribution in [0, 0.1) is 5.41 Å². The summed E-state index contributed by atoms with van der Waals surface area (Å²) in [4.78, 5) is 24.0. The number of rotatable bonds is 8. The molecule has 10 heteroatoms. The second-order valence-electron chi connectivity index (χ2n) is 6.45. The van der Waals surface area contributed by atoms with Gasteiger partial charge in [0.05, 0.1) is 4.90 Å². The standard InChI is InChI=1S/C17H22Cl2N2O5S/c1-4-21(5-2)27(24,25)13-8-6-12(7-9-13)20-14(22)10-26-15(23)16(3)11-17(16,18)19/h6-9H,4-5,10-11H2,1-3H3,(H,20,22)/t16-/m1/s1. The van der Waals surface area contributed by atoms with Crippen molar-refractivity contribution < 1.29 is 22.7 Å². The molecule has 150 valence electrons. The Morgan fingerprint density at radius 3 is 2.15 bits per heavy atom. The first kappa shape index (κ1) is 21.9. The van der Waals surface area contributed by atoms with Crippen LogP contribution in [0.5, 0.6) is 0 Å². The minimum atomic E-state index is -3.56. The van der Waals surface area contributed by atoms with Crippen molar-refractivity contribution in [3.63, 3.8) is 0 Å². The number of halogens is 2. The van der Waals surface area contributed by atoms with Gasteiger partial charge in [-0.1, -0.05) is 13.8 Å². The van der Waals surface area contributed by atoms with E-state index in [0.29, 0.717) is 18.8 Å². The van der Waals surface area contributed by atoms with Gasteiger partial charge in [-0.3, -0.25) is 9.59 Å². The summed E-state index contributed by atoms with van der Waals surface area (Å²) < 4.78 is 30.0. The van der Waals surface area contributed by atoms with Crippen LogP contribution in [0.25, 0.3) is 0 Å². The van der Waals surface area contributed by atoms with Gasteiger partial charge in [0.15, 0.2) is 6.61 Å². The van der Waals surface area contributed by atoms with Crippen LogP contribution in [-0.4, -0.2) is 48.6 Å². The molecule has 0 unspecified atom stereocenters. The summed E-state index contributed by atoms with van der Waals surface area (Å²) in [5.74, 6) is -1.19. The number of anilines is 1. The molecular formula is C17H22Cl2N2O5S. The number of amides is 1. The van der Waals surface area contributed by atoms with E-state index >= 15 is 0 Å². The highest BCUT2D eigenvalue weighted by Crippen LogP contribution is 2.64. The van der Waals surface area contributed by atoms with Gasteiger partial charge in [-0.25, -0.2) is 8.42 Å². The third-order valence-electron chi connectivity index (χ3n) is 4.52. The summed E-state index contributed by atoms with van der Waals surface area (Å²) in [7, 11) is -3.56. The Morgan fingerprint density at radius 2 is 1.70 bits per heavy atom. The van der Waals surface area contributed by atoms with Gasteiger partial charge in [0.1, 0.15) is 9.75 Å². The lowest BCUT2D eigenvalue weighted by Crippen LogP contribution is -2.30. The highest BCUT2D eigenvalue weighted by molar-refractivity contribution is 7.89. The molecule has 0 bridgehead atoms. The van der Waals surface area contributed by atoms with Gasteiger partial charge in [-0.15, -0.1) is 23.2 Å². The van der Waals surface area contributed by atoms with Crippen molar-refractivity contribution in [1.82, 2.24) is 4.31 Å². The molecule has 1 aliphatic carbocycles. The van der Waals surface area contributed by atoms with E-state index in [0.717, 1.165) is 0 Å². The number of nitrogens with zero attached hydrogens (tertiary/aromatic N) is 1. The van der Waals surface area contributed by atoms with E-state index in [4.69, 9.17) is 27.9 Å². The zero-order valence-electron chi connectivity index (χ0n) is 15.3. The number of esters is 1. The average Bonchev–Trinajstić information content (AvgIpc) is 3.13. The van der Waals surface area contributed by atoms with E-state index in [1.54, 1.807) is 20.8 Å². The molecule has 1 atom stereocenters. The molecule has 2 rings (SSSR count). The summed E-state index contributed by atoms with van der Waals surface area (Å²) in [6.45, 7) is 5.34. The highest BCUT2D eigenvalue weighted by Gasteiger charge is 2.69. The molecule has 7 nitrogen and oxygen atoms in total. The SMILES string of the molecule is CCN(CC)S(=O)(=O)c1ccc(NC(=O)COC(=O)[C@@]2(C)CC2(Cl)Cl)cc1. The molecule has 1 aliphatic rings. The van der Waals surface area contributed by atoms with Crippen LogP contribution < -0.4 is 5.32 Å². The predicted octanol–water partition coefficient (Wildman–Crippen LogP) is 2.78. The van der Waals surface area contributed by atoms with E-state index < -0.39 is 38.3 Å². The lowest BCUT2D eigenvalue weighted by Gasteiger charge is -2.18. The quantitative estimate of drug-likeness (QED) is 0.499. The van der Waals surface area contributed by atoms with Crippen LogP contribution in [0.4, 0.5) is 5.69 Å². The number of sulfonamides is 1. The number of alkyl halides is 2. The van der Waals surface area contributed by atoms with Crippen molar-refractivity contribution in [2.24, 2.45) is 5.41 Å². The molecule has 0 saturated heterocycles. The molecule has 1 fully saturated rings. The van der Waals surface area contributed by atoms with E-state index in [2.05, 4.69) is 5.32 Å². The topological polar surface area (TPSA) is 92.8 Å². The van der Waals surface area contributed by atoms with Crippen molar-refractivity contribution in [2.45, 2.75) is 36.4 Å². The number of ether oxygens (including phenoxy) is 1. The first-order valence-corrected chi connectivity index (χ1v) is 10.6. The molecule has 1 amide bonds. The summed E-state index contributed by atoms with van der Waals surface area (Å²) in [6, 6.07) is 5.77. The van der Waals surface area contributed by atoms with Gasteiger partial charge in [0.25, 0.3) is 5.91 Å². The van der Waals surface area contributed by atoms with Crippen LogP contribution in [0.1, 0.15) is 27.2 Å². The Morgan fingerprint density at radius 1 is 1.19 bits per heavy atom. The van der Waals surface area contributed by atoms with E-state index in [-0.39, 0.29) is 11.3 Å². The molecule has 1 saturated carbocycles. The summed E-state index contributed by atoms with van der Waals surface area (Å²) in [5, 5.41) is 2.54. The minimum absolute atomic E-state index is 0.137. The summed E-state index contributed by atoms with van der Waals surface area (Å²) in [5.41, 5.74) is -0.618. The van der Waals surface area contributed by atoms with Crippen molar-refractivity contribution >= 4 is 50.8 Å². The van der Waals surface area contributed by atoms with Crippen molar-refractivity contribution in [1.29, 1.82) is 0 Å². The Hall–Kier alpha value is -1.35. The van der Waals surface area contributed by atoms with Gasteiger partial charge in [-0.2, -0.15) is 4.31 Å². The van der Waals surface area contributed by atoms with Gasteiger partial charge in [0, 0.05) is 25.2 Å². The van der Waals surface area contributed by atoms with Crippen molar-refractivity contribution in [2.75, 3.05) is 25.0 Å². The van der Waals surface area contributed by atoms with Gasteiger partial charge in [-0.05, 0) is 31.2 Å². The average molecular weight is 437 g/mol. The lowest BCUT2D eigenvalue weighted by molar-refractivity contribution is -0.152. The van der Waals surface area contributed by atoms with Gasteiger partial charge >= 0.3 is 5.97 Å². The molecule has 1 aromatic rings. The zero-order valence-corrected chi connectivity index (χ0v) is 17.6. The first-order valence-electron chi connectivity index (χ1n) is 8.43. The molecule has 1 aromatic carbocycles. The second-order valence-corrected chi connectivity index (χ2v) is 9.87. The largest absolute Gasteiger partial charge is 0.455 e. The Balaban J connectivity index is 1.93. The summed E-state index contributed by atoms with van der Waals surface area (Å²) in [6.07, 6.45) is 0.270. The zero-order chi connectivity index (χ0) is 20.5. The molecule has 0 aliphatic heterocycles. The molecule has 0 aromatic heterocycles. The van der Waals surface area contributed by atoms with E-state index in [1.807, 2.05) is 0 Å². The Bertz CT molecular complexity index is 822. The maximum atomic E-state index is 12.4. The van der Waals surface area contributed by atoms with E-state index in [1.165, 1.54) is 28.6 Å². The number of carbonyl (C=O) groups is 2. The maximum absolute atomic E-state index is 12.4. The van der Waals surface area contributed by atoms with Gasteiger partial charge < -0.3 is 10.1 Å². The fraction of sp³-hybridized carbons (Fsp3) is 0.529. The fourth-order valence-electron chi connectivity index (χ4n) is 2.53. The number of nitrogens with one attached hydrogen (secondary N) is 1. The highest BCUT2D eigenvalue weighted by atomic mass is 35.5. The van der Waals surface area contributed by atoms with E-state index in [9.17, 15) is 18.0 Å². The third-order valence-corrected chi connectivity index (χ3v) is 7.69. The molecular weight excluding hydrogens is 415 g/mol. The van der Waals surface area contributed by atoms with Crippen LogP contribution in [0.2, 0.25) is 0 Å². The number of hydrogen-bond acceptors (Lipinski definition) is 5. The van der Waals surface area contributed by atoms with Crippen molar-refractivity contribution in [3.8, 4) is 0 Å². The second kappa shape index (κ2) is 7.95. The number of carbonyl (C=O) groups excluding carboxylic acids is 2. The Labute approximate surface area is 169 Å². The smallest absolute Gasteiger partial charge is 0.315 e. The van der Waals surface area contributed by atoms with Crippen molar-refractivity contribution in [3.05, 3.63) is 24.3 Å².